The fraction of sp³-hybridized carbons (Fsp3) is 0.182. The lowest BCUT2D eigenvalue weighted by molar-refractivity contribution is 0.269. The van der Waals surface area contributed by atoms with Gasteiger partial charge in [-0.1, -0.05) is 0 Å². The number of aromatic nitrogens is 7. The zero-order valence-electron chi connectivity index (χ0n) is 17.7. The van der Waals surface area contributed by atoms with Crippen LogP contribution < -0.4 is 5.32 Å². The summed E-state index contributed by atoms with van der Waals surface area (Å²) in [4.78, 5) is 4.36. The first-order valence-corrected chi connectivity index (χ1v) is 10.2. The van der Waals surface area contributed by atoms with Gasteiger partial charge >= 0.3 is 0 Å². The number of pyridine rings is 1. The summed E-state index contributed by atoms with van der Waals surface area (Å²) in [6, 6.07) is 5.88. The van der Waals surface area contributed by atoms with Gasteiger partial charge in [-0.2, -0.15) is 15.3 Å². The molecule has 33 heavy (non-hydrogen) atoms. The van der Waals surface area contributed by atoms with Gasteiger partial charge in [0.05, 0.1) is 37.6 Å². The molecule has 0 saturated heterocycles. The first-order chi connectivity index (χ1) is 16.0. The molecule has 0 amide bonds. The average molecular weight is 450 g/mol. The number of halogens is 2. The van der Waals surface area contributed by atoms with Crippen molar-refractivity contribution >= 4 is 22.5 Å². The highest BCUT2D eigenvalue weighted by atomic mass is 19.1. The average Bonchev–Trinajstić information content (AvgIpc) is 3.52. The predicted molar refractivity (Wildman–Crippen MR) is 118 cm³/mol. The molecule has 0 saturated carbocycles. The van der Waals surface area contributed by atoms with Gasteiger partial charge in [-0.05, 0) is 12.1 Å². The molecular formula is C22H20F2N8O. The Kier molecular flexibility index (Phi) is 5.31. The Balaban J connectivity index is 1.46. The van der Waals surface area contributed by atoms with E-state index < -0.39 is 11.6 Å². The summed E-state index contributed by atoms with van der Waals surface area (Å²) < 4.78 is 34.4. The minimum Gasteiger partial charge on any atom is -0.394 e. The number of nitrogens with zero attached hydrogens (tertiary/aromatic N) is 7. The van der Waals surface area contributed by atoms with Crippen molar-refractivity contribution in [2.75, 3.05) is 11.9 Å². The predicted octanol–water partition coefficient (Wildman–Crippen LogP) is 3.09. The number of fused-ring (bicyclic) bond motifs is 1. The van der Waals surface area contributed by atoms with E-state index in [0.29, 0.717) is 29.3 Å². The highest BCUT2D eigenvalue weighted by Gasteiger charge is 2.16. The molecule has 0 bridgehead atoms. The standard InChI is InChI=1S/C22H20F2N8O/c1-30-12-16(11-26-30)18-7-17(23)6-14(22(18)24)13-32-19-8-21(25-9-15(19)10-27-32)28-20-2-3-31(29-20)4-5-33/h2-3,6-12,33H,4-5,13H2,1H3,(H,25,28,29). The van der Waals surface area contributed by atoms with Crippen LogP contribution in [0.1, 0.15) is 5.56 Å². The van der Waals surface area contributed by atoms with Gasteiger partial charge in [-0.15, -0.1) is 0 Å². The zero-order chi connectivity index (χ0) is 22.9. The molecule has 0 unspecified atom stereocenters. The largest absolute Gasteiger partial charge is 0.394 e. The van der Waals surface area contributed by atoms with Crippen molar-refractivity contribution in [1.29, 1.82) is 0 Å². The molecule has 0 aliphatic carbocycles. The molecule has 5 aromatic rings. The van der Waals surface area contributed by atoms with E-state index in [9.17, 15) is 4.39 Å². The van der Waals surface area contributed by atoms with Crippen molar-refractivity contribution in [3.8, 4) is 11.1 Å². The topological polar surface area (TPSA) is 98.6 Å². The molecule has 5 rings (SSSR count). The van der Waals surface area contributed by atoms with E-state index in [4.69, 9.17) is 5.11 Å². The third-order valence-electron chi connectivity index (χ3n) is 5.20. The van der Waals surface area contributed by atoms with Gasteiger partial charge in [0.2, 0.25) is 0 Å². The lowest BCUT2D eigenvalue weighted by Crippen LogP contribution is -2.06. The number of aryl methyl sites for hydroxylation is 1. The SMILES string of the molecule is Cn1cc(-c2cc(F)cc(Cn3ncc4cnc(Nc5ccn(CCO)n5)cc43)c2F)cn1. The van der Waals surface area contributed by atoms with Crippen molar-refractivity contribution in [3.63, 3.8) is 0 Å². The number of nitrogens with one attached hydrogen (secondary N) is 1. The monoisotopic (exact) mass is 450 g/mol. The minimum absolute atomic E-state index is 0.0103. The molecular weight excluding hydrogens is 430 g/mol. The zero-order valence-corrected chi connectivity index (χ0v) is 17.7. The molecule has 0 aliphatic rings. The van der Waals surface area contributed by atoms with Gasteiger partial charge in [0.15, 0.2) is 5.82 Å². The molecule has 9 nitrogen and oxygen atoms in total. The summed E-state index contributed by atoms with van der Waals surface area (Å²) in [7, 11) is 1.72. The van der Waals surface area contributed by atoms with E-state index in [-0.39, 0.29) is 24.3 Å². The molecule has 0 aliphatic heterocycles. The molecule has 4 aromatic heterocycles. The number of anilines is 2. The Hall–Kier alpha value is -4.12. The van der Waals surface area contributed by atoms with Crippen LogP contribution in [0.2, 0.25) is 0 Å². The van der Waals surface area contributed by atoms with E-state index in [1.807, 2.05) is 0 Å². The molecule has 4 heterocycles. The smallest absolute Gasteiger partial charge is 0.153 e. The maximum absolute atomic E-state index is 15.3. The summed E-state index contributed by atoms with van der Waals surface area (Å²) in [6.07, 6.45) is 8.15. The van der Waals surface area contributed by atoms with Crippen LogP contribution in [0, 0.1) is 11.6 Å². The van der Waals surface area contributed by atoms with Gasteiger partial charge in [-0.3, -0.25) is 14.0 Å². The molecule has 11 heteroatoms. The van der Waals surface area contributed by atoms with E-state index >= 15 is 4.39 Å². The van der Waals surface area contributed by atoms with Crippen LogP contribution in [-0.2, 0) is 20.1 Å². The van der Waals surface area contributed by atoms with Gasteiger partial charge in [0.25, 0.3) is 0 Å². The van der Waals surface area contributed by atoms with Crippen LogP contribution >= 0.6 is 0 Å². The lowest BCUT2D eigenvalue weighted by atomic mass is 10.0. The summed E-state index contributed by atoms with van der Waals surface area (Å²) in [5, 5.41) is 25.6. The Morgan fingerprint density at radius 3 is 2.73 bits per heavy atom. The van der Waals surface area contributed by atoms with Crippen molar-refractivity contribution in [2.24, 2.45) is 7.05 Å². The quantitative estimate of drug-likeness (QED) is 0.395. The number of benzene rings is 1. The third-order valence-corrected chi connectivity index (χ3v) is 5.20. The highest BCUT2D eigenvalue weighted by Crippen LogP contribution is 2.27. The molecule has 2 N–H and O–H groups in total. The summed E-state index contributed by atoms with van der Waals surface area (Å²) in [6.45, 7) is 0.416. The second-order valence-corrected chi connectivity index (χ2v) is 7.57. The number of aliphatic hydroxyl groups is 1. The molecule has 0 spiro atoms. The van der Waals surface area contributed by atoms with Crippen molar-refractivity contribution in [1.82, 2.24) is 34.3 Å². The second kappa shape index (κ2) is 8.43. The molecule has 168 valence electrons. The Morgan fingerprint density at radius 2 is 1.94 bits per heavy atom. The van der Waals surface area contributed by atoms with Crippen LogP contribution in [-0.4, -0.2) is 46.0 Å². The normalized spacial score (nSPS) is 11.4. The maximum Gasteiger partial charge on any atom is 0.153 e. The van der Waals surface area contributed by atoms with Gasteiger partial charge < -0.3 is 10.4 Å². The fourth-order valence-corrected chi connectivity index (χ4v) is 3.65. The first kappa shape index (κ1) is 20.8. The van der Waals surface area contributed by atoms with E-state index in [1.54, 1.807) is 53.3 Å². The van der Waals surface area contributed by atoms with Crippen LogP contribution in [0.25, 0.3) is 22.0 Å². The number of rotatable bonds is 7. The fourth-order valence-electron chi connectivity index (χ4n) is 3.65. The Labute approximate surface area is 186 Å². The van der Waals surface area contributed by atoms with Crippen LogP contribution in [0.3, 0.4) is 0 Å². The van der Waals surface area contributed by atoms with Crippen LogP contribution in [0.4, 0.5) is 20.4 Å². The van der Waals surface area contributed by atoms with Crippen LogP contribution in [0.15, 0.2) is 55.2 Å². The number of hydrogen-bond donors (Lipinski definition) is 2. The summed E-state index contributed by atoms with van der Waals surface area (Å²) >= 11 is 0. The summed E-state index contributed by atoms with van der Waals surface area (Å²) in [5.74, 6) is 0.0343. The first-order valence-electron chi connectivity index (χ1n) is 10.2. The number of aliphatic hydroxyl groups excluding tert-OH is 1. The van der Waals surface area contributed by atoms with Gasteiger partial charge in [0.1, 0.15) is 17.5 Å². The van der Waals surface area contributed by atoms with E-state index in [0.717, 1.165) is 5.39 Å². The molecule has 0 atom stereocenters. The minimum atomic E-state index is -0.538. The highest BCUT2D eigenvalue weighted by molar-refractivity contribution is 5.81. The van der Waals surface area contributed by atoms with Crippen molar-refractivity contribution in [3.05, 3.63) is 72.4 Å². The lowest BCUT2D eigenvalue weighted by Gasteiger charge is -2.10. The Bertz CT molecular complexity index is 1440. The third kappa shape index (κ3) is 4.17. The maximum atomic E-state index is 15.3. The summed E-state index contributed by atoms with van der Waals surface area (Å²) in [5.41, 5.74) is 1.52. The molecule has 0 fully saturated rings. The van der Waals surface area contributed by atoms with Gasteiger partial charge in [-0.25, -0.2) is 13.8 Å². The Morgan fingerprint density at radius 1 is 1.06 bits per heavy atom. The van der Waals surface area contributed by atoms with Gasteiger partial charge in [0, 0.05) is 59.8 Å². The second-order valence-electron chi connectivity index (χ2n) is 7.57. The molecule has 1 aromatic carbocycles. The number of hydrogen-bond acceptors (Lipinski definition) is 6. The van der Waals surface area contributed by atoms with Crippen LogP contribution in [0.5, 0.6) is 0 Å². The molecule has 0 radical (unpaired) electrons. The van der Waals surface area contributed by atoms with E-state index in [1.165, 1.54) is 23.0 Å². The van der Waals surface area contributed by atoms with E-state index in [2.05, 4.69) is 25.6 Å². The van der Waals surface area contributed by atoms with Crippen molar-refractivity contribution < 1.29 is 13.9 Å². The van der Waals surface area contributed by atoms with Crippen molar-refractivity contribution in [2.45, 2.75) is 13.1 Å².